The van der Waals surface area contributed by atoms with Crippen LogP contribution in [0.15, 0.2) is 60.9 Å². The molecular formula is C22H22FN3O2. The number of benzene rings is 2. The zero-order chi connectivity index (χ0) is 19.5. The van der Waals surface area contributed by atoms with Crippen LogP contribution in [0.5, 0.6) is 5.75 Å². The first kappa shape index (κ1) is 18.2. The van der Waals surface area contributed by atoms with E-state index in [9.17, 15) is 9.18 Å². The maximum atomic E-state index is 13.4. The summed E-state index contributed by atoms with van der Waals surface area (Å²) in [7, 11) is 1.58. The molecule has 3 aromatic rings. The molecule has 0 atom stereocenters. The largest absolute Gasteiger partial charge is 0.496 e. The van der Waals surface area contributed by atoms with Gasteiger partial charge in [0.05, 0.1) is 24.6 Å². The maximum Gasteiger partial charge on any atom is 0.257 e. The topological polar surface area (TPSA) is 47.4 Å². The number of aromatic nitrogens is 2. The summed E-state index contributed by atoms with van der Waals surface area (Å²) in [6.07, 6.45) is 5.54. The molecule has 144 valence electrons. The molecule has 2 aromatic carbocycles. The van der Waals surface area contributed by atoms with Gasteiger partial charge in [-0.3, -0.25) is 4.79 Å². The van der Waals surface area contributed by atoms with E-state index in [0.29, 0.717) is 36.0 Å². The van der Waals surface area contributed by atoms with Crippen molar-refractivity contribution in [3.63, 3.8) is 0 Å². The van der Waals surface area contributed by atoms with E-state index >= 15 is 0 Å². The third-order valence-corrected chi connectivity index (χ3v) is 5.27. The molecule has 0 N–H and O–H groups in total. The minimum absolute atomic E-state index is 0.00589. The van der Waals surface area contributed by atoms with Gasteiger partial charge in [0.2, 0.25) is 0 Å². The van der Waals surface area contributed by atoms with Gasteiger partial charge in [0.1, 0.15) is 11.6 Å². The van der Waals surface area contributed by atoms with E-state index in [-0.39, 0.29) is 11.7 Å². The van der Waals surface area contributed by atoms with Crippen LogP contribution in [0.2, 0.25) is 0 Å². The fourth-order valence-corrected chi connectivity index (χ4v) is 3.71. The van der Waals surface area contributed by atoms with Gasteiger partial charge in [0, 0.05) is 19.3 Å². The summed E-state index contributed by atoms with van der Waals surface area (Å²) in [6.45, 7) is 1.37. The van der Waals surface area contributed by atoms with Crippen LogP contribution in [0.3, 0.4) is 0 Å². The Balaban J connectivity index is 1.43. The highest BCUT2D eigenvalue weighted by Gasteiger charge is 2.26. The molecule has 1 aliphatic heterocycles. The van der Waals surface area contributed by atoms with Gasteiger partial charge in [0.15, 0.2) is 0 Å². The summed E-state index contributed by atoms with van der Waals surface area (Å²) in [6, 6.07) is 13.7. The number of halogens is 1. The molecule has 1 aromatic heterocycles. The van der Waals surface area contributed by atoms with Crippen LogP contribution < -0.4 is 4.74 Å². The van der Waals surface area contributed by atoms with Gasteiger partial charge in [-0.2, -0.15) is 5.10 Å². The first-order chi connectivity index (χ1) is 13.7. The van der Waals surface area contributed by atoms with Crippen LogP contribution in [0.4, 0.5) is 4.39 Å². The Morgan fingerprint density at radius 1 is 1.14 bits per heavy atom. The summed E-state index contributed by atoms with van der Waals surface area (Å²) in [5.41, 5.74) is 2.42. The summed E-state index contributed by atoms with van der Waals surface area (Å²) in [5.74, 6) is 0.666. The third-order valence-electron chi connectivity index (χ3n) is 5.27. The number of nitrogens with zero attached hydrogens (tertiary/aromatic N) is 3. The Morgan fingerprint density at radius 2 is 1.93 bits per heavy atom. The fraction of sp³-hybridized carbons (Fsp3) is 0.273. The number of carbonyl (C=O) groups is 1. The van der Waals surface area contributed by atoms with Crippen LogP contribution in [-0.4, -0.2) is 40.8 Å². The van der Waals surface area contributed by atoms with Gasteiger partial charge in [-0.1, -0.05) is 18.2 Å². The number of rotatable bonds is 4. The zero-order valence-corrected chi connectivity index (χ0v) is 15.7. The Kier molecular flexibility index (Phi) is 5.10. The summed E-state index contributed by atoms with van der Waals surface area (Å²) < 4.78 is 20.5. The van der Waals surface area contributed by atoms with E-state index in [1.807, 2.05) is 35.5 Å². The van der Waals surface area contributed by atoms with Crippen molar-refractivity contribution in [3.05, 3.63) is 77.9 Å². The van der Waals surface area contributed by atoms with Gasteiger partial charge < -0.3 is 9.64 Å². The quantitative estimate of drug-likeness (QED) is 0.687. The van der Waals surface area contributed by atoms with Crippen LogP contribution in [0, 0.1) is 5.82 Å². The van der Waals surface area contributed by atoms with Crippen LogP contribution >= 0.6 is 0 Å². The molecule has 1 aliphatic rings. The number of carbonyl (C=O) groups excluding carboxylic acids is 1. The average molecular weight is 379 g/mol. The molecule has 28 heavy (non-hydrogen) atoms. The average Bonchev–Trinajstić information content (AvgIpc) is 3.24. The van der Waals surface area contributed by atoms with Crippen LogP contribution in [0.25, 0.3) is 5.69 Å². The molecule has 2 heterocycles. The van der Waals surface area contributed by atoms with Gasteiger partial charge >= 0.3 is 0 Å². The van der Waals surface area contributed by atoms with Gasteiger partial charge in [-0.05, 0) is 54.7 Å². The number of amides is 1. The van der Waals surface area contributed by atoms with Crippen molar-refractivity contribution in [3.8, 4) is 11.4 Å². The van der Waals surface area contributed by atoms with E-state index in [1.54, 1.807) is 30.0 Å². The van der Waals surface area contributed by atoms with Crippen molar-refractivity contribution in [2.24, 2.45) is 0 Å². The van der Waals surface area contributed by atoms with Crippen LogP contribution in [-0.2, 0) is 0 Å². The lowest BCUT2D eigenvalue weighted by molar-refractivity contribution is 0.0709. The van der Waals surface area contributed by atoms with Crippen molar-refractivity contribution in [2.75, 3.05) is 20.2 Å². The molecule has 0 aliphatic carbocycles. The highest BCUT2D eigenvalue weighted by atomic mass is 19.1. The highest BCUT2D eigenvalue weighted by molar-refractivity contribution is 5.97. The van der Waals surface area contributed by atoms with Gasteiger partial charge in [-0.25, -0.2) is 9.07 Å². The van der Waals surface area contributed by atoms with E-state index in [1.165, 1.54) is 12.1 Å². The molecule has 0 unspecified atom stereocenters. The maximum absolute atomic E-state index is 13.4. The monoisotopic (exact) mass is 379 g/mol. The molecular weight excluding hydrogens is 357 g/mol. The Labute approximate surface area is 163 Å². The van der Waals surface area contributed by atoms with Crippen molar-refractivity contribution < 1.29 is 13.9 Å². The SMILES string of the molecule is COc1ccccc1C(=O)N1CCC(c2cnn(-c3cccc(F)c3)c2)CC1. The molecule has 4 rings (SSSR count). The smallest absolute Gasteiger partial charge is 0.257 e. The second-order valence-corrected chi connectivity index (χ2v) is 6.96. The molecule has 0 spiro atoms. The summed E-state index contributed by atoms with van der Waals surface area (Å²) in [5, 5.41) is 4.38. The van der Waals surface area contributed by atoms with Gasteiger partial charge in [-0.15, -0.1) is 0 Å². The van der Waals surface area contributed by atoms with E-state index in [2.05, 4.69) is 5.10 Å². The lowest BCUT2D eigenvalue weighted by atomic mass is 9.91. The zero-order valence-electron chi connectivity index (χ0n) is 15.7. The minimum Gasteiger partial charge on any atom is -0.496 e. The van der Waals surface area contributed by atoms with Gasteiger partial charge in [0.25, 0.3) is 5.91 Å². The molecule has 1 saturated heterocycles. The molecule has 0 radical (unpaired) electrons. The lowest BCUT2D eigenvalue weighted by Gasteiger charge is -2.32. The predicted molar refractivity (Wildman–Crippen MR) is 104 cm³/mol. The molecule has 0 bridgehead atoms. The Morgan fingerprint density at radius 3 is 2.68 bits per heavy atom. The molecule has 1 amide bonds. The first-order valence-corrected chi connectivity index (χ1v) is 9.38. The number of para-hydroxylation sites is 1. The summed E-state index contributed by atoms with van der Waals surface area (Å²) >= 11 is 0. The van der Waals surface area contributed by atoms with Crippen LogP contribution in [0.1, 0.15) is 34.7 Å². The highest BCUT2D eigenvalue weighted by Crippen LogP contribution is 2.30. The second kappa shape index (κ2) is 7.84. The lowest BCUT2D eigenvalue weighted by Crippen LogP contribution is -2.38. The Bertz CT molecular complexity index is 977. The van der Waals surface area contributed by atoms with Crippen molar-refractivity contribution >= 4 is 5.91 Å². The minimum atomic E-state index is -0.280. The van der Waals surface area contributed by atoms with Crippen molar-refractivity contribution in [1.82, 2.24) is 14.7 Å². The first-order valence-electron chi connectivity index (χ1n) is 9.38. The molecule has 0 saturated carbocycles. The number of hydrogen-bond acceptors (Lipinski definition) is 3. The fourth-order valence-electron chi connectivity index (χ4n) is 3.71. The van der Waals surface area contributed by atoms with Crippen molar-refractivity contribution in [1.29, 1.82) is 0 Å². The Hall–Kier alpha value is -3.15. The van der Waals surface area contributed by atoms with E-state index in [4.69, 9.17) is 4.74 Å². The standard InChI is InChI=1S/C22H22FN3O2/c1-28-21-8-3-2-7-20(21)22(27)25-11-9-16(10-12-25)17-14-24-26(15-17)19-6-4-5-18(23)13-19/h2-8,13-16H,9-12H2,1H3. The molecule has 5 nitrogen and oxygen atoms in total. The number of hydrogen-bond donors (Lipinski definition) is 0. The van der Waals surface area contributed by atoms with Crippen molar-refractivity contribution in [2.45, 2.75) is 18.8 Å². The summed E-state index contributed by atoms with van der Waals surface area (Å²) in [4.78, 5) is 14.7. The van der Waals surface area contributed by atoms with E-state index < -0.39 is 0 Å². The van der Waals surface area contributed by atoms with E-state index in [0.717, 1.165) is 18.4 Å². The molecule has 6 heteroatoms. The second-order valence-electron chi connectivity index (χ2n) is 6.96. The third kappa shape index (κ3) is 3.63. The number of likely N-dealkylation sites (tertiary alicyclic amines) is 1. The predicted octanol–water partition coefficient (Wildman–Crippen LogP) is 4.04. The molecule has 1 fully saturated rings. The normalized spacial score (nSPS) is 14.9. The number of methoxy groups -OCH3 is 1. The number of piperidine rings is 1. The number of ether oxygens (including phenoxy) is 1.